The maximum absolute atomic E-state index is 14.5. The summed E-state index contributed by atoms with van der Waals surface area (Å²) < 4.78 is 33.7. The number of carbonyl (C=O) groups excluding carboxylic acids is 2. The Labute approximate surface area is 176 Å². The highest BCUT2D eigenvalue weighted by Crippen LogP contribution is 2.23. The quantitative estimate of drug-likeness (QED) is 0.657. The number of nitrogens with zero attached hydrogens (tertiary/aromatic N) is 4. The van der Waals surface area contributed by atoms with Gasteiger partial charge in [-0.05, 0) is 38.1 Å². The molecule has 1 saturated heterocycles. The summed E-state index contributed by atoms with van der Waals surface area (Å²) in [4.78, 5) is 29.3. The molecule has 4 rings (SSSR count). The Hall–Kier alpha value is -3.76. The highest BCUT2D eigenvalue weighted by Gasteiger charge is 2.30. The molecule has 3 heterocycles. The van der Waals surface area contributed by atoms with Gasteiger partial charge in [0.2, 0.25) is 0 Å². The molecule has 2 N–H and O–H groups in total. The van der Waals surface area contributed by atoms with Gasteiger partial charge in [-0.1, -0.05) is 0 Å². The van der Waals surface area contributed by atoms with Crippen LogP contribution in [0, 0.1) is 5.82 Å². The van der Waals surface area contributed by atoms with Crippen LogP contribution in [0.15, 0.2) is 36.7 Å². The number of amides is 3. The number of urea groups is 1. The average molecular weight is 430 g/mol. The van der Waals surface area contributed by atoms with Gasteiger partial charge in [-0.2, -0.15) is 0 Å². The summed E-state index contributed by atoms with van der Waals surface area (Å²) >= 11 is 0. The van der Waals surface area contributed by atoms with Crippen LogP contribution < -0.4 is 10.6 Å². The molecule has 1 fully saturated rings. The van der Waals surface area contributed by atoms with Gasteiger partial charge in [0.15, 0.2) is 5.65 Å². The van der Waals surface area contributed by atoms with Crippen molar-refractivity contribution in [2.75, 3.05) is 23.7 Å². The molecular formula is C20H20F2N6O3. The number of pyridine rings is 1. The van der Waals surface area contributed by atoms with E-state index in [-0.39, 0.29) is 24.9 Å². The van der Waals surface area contributed by atoms with E-state index < -0.39 is 24.1 Å². The van der Waals surface area contributed by atoms with Crippen molar-refractivity contribution in [1.29, 1.82) is 0 Å². The molecule has 0 aliphatic carbocycles. The van der Waals surface area contributed by atoms with Crippen molar-refractivity contribution in [3.63, 3.8) is 0 Å². The van der Waals surface area contributed by atoms with Gasteiger partial charge in [0.25, 0.3) is 0 Å². The van der Waals surface area contributed by atoms with E-state index in [9.17, 15) is 18.4 Å². The first-order chi connectivity index (χ1) is 14.8. The summed E-state index contributed by atoms with van der Waals surface area (Å²) in [6.45, 7) is 3.54. The largest absolute Gasteiger partial charge is 0.447 e. The number of benzene rings is 1. The highest BCUT2D eigenvalue weighted by atomic mass is 19.1. The lowest BCUT2D eigenvalue weighted by Crippen LogP contribution is -2.53. The number of carbonyl (C=O) groups is 2. The van der Waals surface area contributed by atoms with E-state index in [4.69, 9.17) is 4.74 Å². The topological polar surface area (TPSA) is 101 Å². The molecule has 11 heteroatoms. The zero-order valence-corrected chi connectivity index (χ0v) is 16.8. The second-order valence-electron chi connectivity index (χ2n) is 7.39. The van der Waals surface area contributed by atoms with E-state index in [1.54, 1.807) is 26.1 Å². The lowest BCUT2D eigenvalue weighted by atomic mass is 10.2. The summed E-state index contributed by atoms with van der Waals surface area (Å²) in [7, 11) is 0. The van der Waals surface area contributed by atoms with Crippen molar-refractivity contribution in [2.24, 2.45) is 0 Å². The molecule has 0 saturated carbocycles. The van der Waals surface area contributed by atoms with Gasteiger partial charge >= 0.3 is 12.1 Å². The lowest BCUT2D eigenvalue weighted by Gasteiger charge is -2.34. The number of aromatic nitrogens is 3. The molecule has 1 aromatic carbocycles. The minimum atomic E-state index is -1.01. The number of nitrogens with one attached hydrogen (secondary N) is 2. The van der Waals surface area contributed by atoms with Crippen molar-refractivity contribution in [1.82, 2.24) is 19.7 Å². The van der Waals surface area contributed by atoms with E-state index in [0.717, 1.165) is 0 Å². The van der Waals surface area contributed by atoms with Crippen molar-refractivity contribution in [3.8, 4) is 5.69 Å². The van der Waals surface area contributed by atoms with Crippen LogP contribution in [0.4, 0.5) is 29.7 Å². The number of rotatable bonds is 4. The molecule has 0 atom stereocenters. The van der Waals surface area contributed by atoms with Crippen molar-refractivity contribution < 1.29 is 23.1 Å². The van der Waals surface area contributed by atoms with Gasteiger partial charge < -0.3 is 15.0 Å². The van der Waals surface area contributed by atoms with E-state index in [2.05, 4.69) is 20.7 Å². The number of hydrogen-bond donors (Lipinski definition) is 2. The Balaban J connectivity index is 1.55. The summed E-state index contributed by atoms with van der Waals surface area (Å²) in [6, 6.07) is 5.21. The zero-order chi connectivity index (χ0) is 22.1. The Morgan fingerprint density at radius 2 is 1.97 bits per heavy atom. The maximum Gasteiger partial charge on any atom is 0.411 e. The smallest absolute Gasteiger partial charge is 0.411 e. The van der Waals surface area contributed by atoms with Crippen LogP contribution in [-0.2, 0) is 4.74 Å². The van der Waals surface area contributed by atoms with Crippen molar-refractivity contribution in [3.05, 3.63) is 42.5 Å². The monoisotopic (exact) mass is 430 g/mol. The van der Waals surface area contributed by atoms with Crippen LogP contribution in [0.5, 0.6) is 0 Å². The number of hydrogen-bond acceptors (Lipinski definition) is 5. The second kappa shape index (κ2) is 8.17. The molecule has 1 aliphatic heterocycles. The fourth-order valence-electron chi connectivity index (χ4n) is 3.03. The number of anilines is 2. The molecule has 2 aromatic heterocycles. The second-order valence-corrected chi connectivity index (χ2v) is 7.39. The number of ether oxygens (including phenoxy) is 1. The van der Waals surface area contributed by atoms with Crippen molar-refractivity contribution >= 4 is 34.5 Å². The Bertz CT molecular complexity index is 1140. The standard InChI is InChI=1S/C20H20F2N6O3/c1-11(2)31-20(30)25-15-5-12-8-28(26-18(12)23-7-15)17-6-14(3-4-16(17)22)24-19(29)27-9-13(21)10-27/h3-8,11,13H,9-10H2,1-2H3,(H,24,29)(H,25,30). The highest BCUT2D eigenvalue weighted by molar-refractivity contribution is 5.90. The molecule has 31 heavy (non-hydrogen) atoms. The molecule has 162 valence electrons. The van der Waals surface area contributed by atoms with Gasteiger partial charge in [0.05, 0.1) is 31.1 Å². The molecule has 0 radical (unpaired) electrons. The first-order valence-electron chi connectivity index (χ1n) is 9.61. The van der Waals surface area contributed by atoms with Gasteiger partial charge in [0, 0.05) is 17.3 Å². The molecule has 3 amide bonds. The normalized spacial score (nSPS) is 13.9. The van der Waals surface area contributed by atoms with Crippen LogP contribution >= 0.6 is 0 Å². The Kier molecular flexibility index (Phi) is 5.40. The third kappa shape index (κ3) is 4.55. The SMILES string of the molecule is CC(C)OC(=O)Nc1cnc2nn(-c3cc(NC(=O)N4CC(F)C4)ccc3F)cc2c1. The number of fused-ring (bicyclic) bond motifs is 1. The zero-order valence-electron chi connectivity index (χ0n) is 16.8. The fourth-order valence-corrected chi connectivity index (χ4v) is 3.03. The van der Waals surface area contributed by atoms with Crippen LogP contribution in [0.3, 0.4) is 0 Å². The Morgan fingerprint density at radius 3 is 2.68 bits per heavy atom. The third-order valence-electron chi connectivity index (χ3n) is 4.52. The summed E-state index contributed by atoms with van der Waals surface area (Å²) in [5.41, 5.74) is 1.18. The molecule has 9 nitrogen and oxygen atoms in total. The first-order valence-corrected chi connectivity index (χ1v) is 9.61. The fraction of sp³-hybridized carbons (Fsp3) is 0.300. The lowest BCUT2D eigenvalue weighted by molar-refractivity contribution is 0.0974. The van der Waals surface area contributed by atoms with Gasteiger partial charge in [-0.3, -0.25) is 5.32 Å². The minimum absolute atomic E-state index is 0.0389. The predicted octanol–water partition coefficient (Wildman–Crippen LogP) is 3.70. The van der Waals surface area contributed by atoms with E-state index in [1.807, 2.05) is 0 Å². The molecular weight excluding hydrogens is 410 g/mol. The Morgan fingerprint density at radius 1 is 1.19 bits per heavy atom. The average Bonchev–Trinajstić information content (AvgIpc) is 3.09. The minimum Gasteiger partial charge on any atom is -0.447 e. The third-order valence-corrected chi connectivity index (χ3v) is 4.52. The van der Waals surface area contributed by atoms with Crippen LogP contribution in [-0.4, -0.2) is 57.2 Å². The van der Waals surface area contributed by atoms with Gasteiger partial charge in [-0.25, -0.2) is 28.0 Å². The van der Waals surface area contributed by atoms with Crippen molar-refractivity contribution in [2.45, 2.75) is 26.1 Å². The first kappa shape index (κ1) is 20.5. The summed E-state index contributed by atoms with van der Waals surface area (Å²) in [5.74, 6) is -0.558. The molecule has 0 unspecified atom stereocenters. The number of halogens is 2. The van der Waals surface area contributed by atoms with Crippen LogP contribution in [0.1, 0.15) is 13.8 Å². The molecule has 0 bridgehead atoms. The van der Waals surface area contributed by atoms with E-state index in [0.29, 0.717) is 22.4 Å². The molecule has 0 spiro atoms. The summed E-state index contributed by atoms with van der Waals surface area (Å²) in [5, 5.41) is 10.00. The summed E-state index contributed by atoms with van der Waals surface area (Å²) in [6.07, 6.45) is 1.08. The van der Waals surface area contributed by atoms with Gasteiger partial charge in [-0.15, -0.1) is 5.10 Å². The maximum atomic E-state index is 14.5. The number of likely N-dealkylation sites (tertiary alicyclic amines) is 1. The number of alkyl halides is 1. The molecule has 3 aromatic rings. The molecule has 1 aliphatic rings. The van der Waals surface area contributed by atoms with Crippen LogP contribution in [0.25, 0.3) is 16.7 Å². The van der Waals surface area contributed by atoms with Crippen LogP contribution in [0.2, 0.25) is 0 Å². The van der Waals surface area contributed by atoms with Gasteiger partial charge in [0.1, 0.15) is 17.7 Å². The predicted molar refractivity (Wildman–Crippen MR) is 110 cm³/mol. The van der Waals surface area contributed by atoms with E-state index in [1.165, 1.54) is 34.0 Å². The van der Waals surface area contributed by atoms with E-state index >= 15 is 0 Å².